The zero-order chi connectivity index (χ0) is 28.1. The standard InChI is InChI=1S/C30H29BrN6O3/c1-17-12-21(8-11-25(17)31)28(39)35-16-26-24(13-18(35)2)29(40)37(23-9-6-20(7-10-23)27(38)32-3)30(34-26)36-15-22(14-33-36)19-4-5-19/h6-12,14-15,18-19H,4-5,13,16H2,1-3H3,(H,32,38). The van der Waals surface area contributed by atoms with Gasteiger partial charge in [0.15, 0.2) is 0 Å². The van der Waals surface area contributed by atoms with E-state index in [9.17, 15) is 14.4 Å². The Morgan fingerprint density at radius 1 is 1.07 bits per heavy atom. The summed E-state index contributed by atoms with van der Waals surface area (Å²) in [5.41, 5.74) is 4.72. The van der Waals surface area contributed by atoms with Crippen LogP contribution in [0.15, 0.2) is 64.1 Å². The zero-order valence-electron chi connectivity index (χ0n) is 22.5. The van der Waals surface area contributed by atoms with E-state index in [1.54, 1.807) is 45.5 Å². The van der Waals surface area contributed by atoms with Crippen LogP contribution in [-0.4, -0.2) is 49.1 Å². The molecule has 1 unspecified atom stereocenters. The molecule has 1 fully saturated rings. The van der Waals surface area contributed by atoms with E-state index in [2.05, 4.69) is 26.3 Å². The summed E-state index contributed by atoms with van der Waals surface area (Å²) in [4.78, 5) is 46.5. The Bertz CT molecular complexity index is 1700. The maximum atomic E-state index is 14.1. The first-order valence-electron chi connectivity index (χ1n) is 13.3. The maximum Gasteiger partial charge on any atom is 0.263 e. The molecule has 4 aromatic rings. The van der Waals surface area contributed by atoms with Crippen molar-refractivity contribution in [2.45, 2.75) is 51.6 Å². The van der Waals surface area contributed by atoms with E-state index in [0.29, 0.717) is 46.4 Å². The Morgan fingerprint density at radius 2 is 1.80 bits per heavy atom. The van der Waals surface area contributed by atoms with Crippen LogP contribution >= 0.6 is 15.9 Å². The Morgan fingerprint density at radius 3 is 2.48 bits per heavy atom. The smallest absolute Gasteiger partial charge is 0.263 e. The van der Waals surface area contributed by atoms with Gasteiger partial charge in [0.05, 0.1) is 24.1 Å². The minimum atomic E-state index is -0.205. The molecule has 1 N–H and O–H groups in total. The molecule has 2 amide bonds. The summed E-state index contributed by atoms with van der Waals surface area (Å²) in [6.45, 7) is 4.13. The summed E-state index contributed by atoms with van der Waals surface area (Å²) in [6, 6.07) is 12.2. The van der Waals surface area contributed by atoms with E-state index in [1.165, 1.54) is 0 Å². The highest BCUT2D eigenvalue weighted by molar-refractivity contribution is 9.10. The number of carbonyl (C=O) groups is 2. The second-order valence-corrected chi connectivity index (χ2v) is 11.4. The first kappa shape index (κ1) is 26.2. The summed E-state index contributed by atoms with van der Waals surface area (Å²) in [5, 5.41) is 7.18. The van der Waals surface area contributed by atoms with Gasteiger partial charge in [-0.15, -0.1) is 0 Å². The van der Waals surface area contributed by atoms with Gasteiger partial charge in [0, 0.05) is 40.4 Å². The minimum absolute atomic E-state index is 0.0961. The number of carbonyl (C=O) groups excluding carboxylic acids is 2. The van der Waals surface area contributed by atoms with E-state index < -0.39 is 0 Å². The van der Waals surface area contributed by atoms with Crippen LogP contribution in [0.4, 0.5) is 0 Å². The zero-order valence-corrected chi connectivity index (χ0v) is 24.1. The average molecular weight is 602 g/mol. The van der Waals surface area contributed by atoms with Gasteiger partial charge in [0.2, 0.25) is 5.95 Å². The van der Waals surface area contributed by atoms with Gasteiger partial charge in [0.1, 0.15) is 0 Å². The largest absolute Gasteiger partial charge is 0.355 e. The van der Waals surface area contributed by atoms with Gasteiger partial charge >= 0.3 is 0 Å². The van der Waals surface area contributed by atoms with E-state index in [-0.39, 0.29) is 30.0 Å². The molecule has 204 valence electrons. The van der Waals surface area contributed by atoms with Crippen LogP contribution in [0.1, 0.15) is 68.8 Å². The monoisotopic (exact) mass is 600 g/mol. The minimum Gasteiger partial charge on any atom is -0.355 e. The number of benzene rings is 2. The fraction of sp³-hybridized carbons (Fsp3) is 0.300. The third-order valence-corrected chi connectivity index (χ3v) is 8.62. The molecule has 1 atom stereocenters. The molecule has 9 nitrogen and oxygen atoms in total. The number of aryl methyl sites for hydroxylation is 1. The van der Waals surface area contributed by atoms with Gasteiger partial charge in [0.25, 0.3) is 17.4 Å². The van der Waals surface area contributed by atoms with E-state index in [0.717, 1.165) is 28.4 Å². The normalized spacial score (nSPS) is 16.5. The molecular weight excluding hydrogens is 572 g/mol. The first-order chi connectivity index (χ1) is 19.2. The topological polar surface area (TPSA) is 102 Å². The number of hydrogen-bond donors (Lipinski definition) is 1. The van der Waals surface area contributed by atoms with Gasteiger partial charge in [-0.1, -0.05) is 15.9 Å². The lowest BCUT2D eigenvalue weighted by atomic mass is 9.98. The lowest BCUT2D eigenvalue weighted by Crippen LogP contribution is -2.46. The molecule has 40 heavy (non-hydrogen) atoms. The van der Waals surface area contributed by atoms with Gasteiger partial charge in [-0.05, 0) is 92.6 Å². The quantitative estimate of drug-likeness (QED) is 0.368. The van der Waals surface area contributed by atoms with Crippen LogP contribution in [-0.2, 0) is 13.0 Å². The number of aromatic nitrogens is 4. The molecule has 0 radical (unpaired) electrons. The Hall–Kier alpha value is -4.05. The third kappa shape index (κ3) is 4.66. The van der Waals surface area contributed by atoms with Crippen LogP contribution in [0.2, 0.25) is 0 Å². The molecular formula is C30H29BrN6O3. The van der Waals surface area contributed by atoms with Crippen LogP contribution in [0.3, 0.4) is 0 Å². The highest BCUT2D eigenvalue weighted by atomic mass is 79.9. The van der Waals surface area contributed by atoms with Crippen LogP contribution in [0.5, 0.6) is 0 Å². The molecule has 0 spiro atoms. The second kappa shape index (κ2) is 10.2. The average Bonchev–Trinajstić information content (AvgIpc) is 3.70. The van der Waals surface area contributed by atoms with Gasteiger partial charge < -0.3 is 10.2 Å². The molecule has 1 aliphatic heterocycles. The number of nitrogens with zero attached hydrogens (tertiary/aromatic N) is 5. The summed E-state index contributed by atoms with van der Waals surface area (Å²) in [7, 11) is 1.58. The Kier molecular flexibility index (Phi) is 6.66. The SMILES string of the molecule is CNC(=O)c1ccc(-n2c(-n3cc(C4CC4)cn3)nc3c(c2=O)CC(C)N(C(=O)c2ccc(Br)c(C)c2)C3)cc1. The van der Waals surface area contributed by atoms with Gasteiger partial charge in [-0.2, -0.15) is 5.10 Å². The number of amides is 2. The molecule has 1 saturated carbocycles. The van der Waals surface area contributed by atoms with Crippen molar-refractivity contribution >= 4 is 27.7 Å². The van der Waals surface area contributed by atoms with Gasteiger partial charge in [-0.3, -0.25) is 14.4 Å². The summed E-state index contributed by atoms with van der Waals surface area (Å²) in [6.07, 6.45) is 6.39. The number of fused-ring (bicyclic) bond motifs is 1. The fourth-order valence-corrected chi connectivity index (χ4v) is 5.47. The first-order valence-corrected chi connectivity index (χ1v) is 14.1. The van der Waals surface area contributed by atoms with Crippen molar-refractivity contribution in [3.63, 3.8) is 0 Å². The second-order valence-electron chi connectivity index (χ2n) is 10.5. The highest BCUT2D eigenvalue weighted by Gasteiger charge is 2.33. The fourth-order valence-electron chi connectivity index (χ4n) is 5.23. The van der Waals surface area contributed by atoms with Crippen molar-refractivity contribution in [3.05, 3.63) is 103 Å². The molecule has 0 bridgehead atoms. The summed E-state index contributed by atoms with van der Waals surface area (Å²) in [5.74, 6) is 0.538. The van der Waals surface area contributed by atoms with Crippen LogP contribution < -0.4 is 10.9 Å². The summed E-state index contributed by atoms with van der Waals surface area (Å²) >= 11 is 3.50. The molecule has 3 heterocycles. The molecule has 10 heteroatoms. The lowest BCUT2D eigenvalue weighted by molar-refractivity contribution is 0.0652. The van der Waals surface area contributed by atoms with Crippen molar-refractivity contribution in [3.8, 4) is 11.6 Å². The predicted octanol–water partition coefficient (Wildman–Crippen LogP) is 4.31. The molecule has 6 rings (SSSR count). The predicted molar refractivity (Wildman–Crippen MR) is 154 cm³/mol. The van der Waals surface area contributed by atoms with Crippen LogP contribution in [0.25, 0.3) is 11.6 Å². The molecule has 2 aromatic heterocycles. The van der Waals surface area contributed by atoms with Crippen molar-refractivity contribution in [2.75, 3.05) is 7.05 Å². The lowest BCUT2D eigenvalue weighted by Gasteiger charge is -2.34. The van der Waals surface area contributed by atoms with Crippen LogP contribution in [0, 0.1) is 6.92 Å². The Balaban J connectivity index is 1.45. The van der Waals surface area contributed by atoms with Crippen molar-refractivity contribution in [1.82, 2.24) is 29.5 Å². The Labute approximate surface area is 240 Å². The van der Waals surface area contributed by atoms with Crippen molar-refractivity contribution in [1.29, 1.82) is 0 Å². The molecule has 2 aromatic carbocycles. The molecule has 0 saturated heterocycles. The summed E-state index contributed by atoms with van der Waals surface area (Å²) < 4.78 is 4.14. The maximum absolute atomic E-state index is 14.1. The van der Waals surface area contributed by atoms with E-state index >= 15 is 0 Å². The number of halogens is 1. The van der Waals surface area contributed by atoms with Crippen molar-refractivity contribution in [2.24, 2.45) is 0 Å². The highest BCUT2D eigenvalue weighted by Crippen LogP contribution is 2.40. The van der Waals surface area contributed by atoms with Crippen molar-refractivity contribution < 1.29 is 9.59 Å². The third-order valence-electron chi connectivity index (χ3n) is 7.73. The molecule has 2 aliphatic rings. The number of rotatable bonds is 5. The molecule has 1 aliphatic carbocycles. The van der Waals surface area contributed by atoms with E-state index in [4.69, 9.17) is 4.98 Å². The van der Waals surface area contributed by atoms with E-state index in [1.807, 2.05) is 44.4 Å². The van der Waals surface area contributed by atoms with Gasteiger partial charge in [-0.25, -0.2) is 14.2 Å². The number of nitrogens with one attached hydrogen (secondary N) is 1. The number of hydrogen-bond acceptors (Lipinski definition) is 5.